The Balaban J connectivity index is 1.41. The molecule has 0 amide bonds. The first-order valence-electron chi connectivity index (χ1n) is 12.5. The summed E-state index contributed by atoms with van der Waals surface area (Å²) in [6.07, 6.45) is 4.46. The molecule has 0 saturated heterocycles. The van der Waals surface area contributed by atoms with E-state index in [1.165, 1.54) is 32.1 Å². The van der Waals surface area contributed by atoms with Crippen LogP contribution in [0.5, 0.6) is 0 Å². The van der Waals surface area contributed by atoms with E-state index < -0.39 is 15.8 Å². The van der Waals surface area contributed by atoms with E-state index in [4.69, 9.17) is 0 Å². The molecule has 0 bridgehead atoms. The molecule has 0 saturated carbocycles. The van der Waals surface area contributed by atoms with Crippen LogP contribution in [0.4, 0.5) is 0 Å². The SMILES string of the molecule is c1ccc(P(c2ccccc2)c2cccn2Cn2cccc2P(c2ccccc2)c2ccccc2)cc1. The minimum Gasteiger partial charge on any atom is -0.329 e. The molecule has 0 atom stereocenters. The third-order valence-corrected chi connectivity index (χ3v) is 11.4. The van der Waals surface area contributed by atoms with Crippen LogP contribution in [0.15, 0.2) is 158 Å². The molecule has 2 heterocycles. The second-order valence-electron chi connectivity index (χ2n) is 8.83. The van der Waals surface area contributed by atoms with Crippen molar-refractivity contribution >= 4 is 47.9 Å². The Morgan fingerprint density at radius 1 is 0.351 bits per heavy atom. The van der Waals surface area contributed by atoms with Crippen molar-refractivity contribution in [1.29, 1.82) is 0 Å². The molecule has 2 aromatic heterocycles. The maximum atomic E-state index is 2.43. The van der Waals surface area contributed by atoms with E-state index in [0.717, 1.165) is 6.67 Å². The third-order valence-electron chi connectivity index (χ3n) is 6.43. The minimum absolute atomic E-state index is 0.669. The Morgan fingerprint density at radius 3 is 0.946 bits per heavy atom. The number of hydrogen-bond acceptors (Lipinski definition) is 0. The number of nitrogens with zero attached hydrogens (tertiary/aromatic N) is 2. The number of rotatable bonds is 8. The van der Waals surface area contributed by atoms with E-state index in [-0.39, 0.29) is 0 Å². The Hall–Kier alpha value is -3.70. The fraction of sp³-hybridized carbons (Fsp3) is 0.0303. The minimum atomic E-state index is -0.669. The van der Waals surface area contributed by atoms with Crippen LogP contribution < -0.4 is 32.1 Å². The second-order valence-corrected chi connectivity index (χ2v) is 13.2. The molecule has 0 radical (unpaired) electrons. The molecule has 37 heavy (non-hydrogen) atoms. The van der Waals surface area contributed by atoms with Crippen LogP contribution in [0.2, 0.25) is 0 Å². The molecule has 2 nitrogen and oxygen atoms in total. The van der Waals surface area contributed by atoms with Gasteiger partial charge >= 0.3 is 0 Å². The summed E-state index contributed by atoms with van der Waals surface area (Å²) < 4.78 is 4.86. The molecule has 180 valence electrons. The summed E-state index contributed by atoms with van der Waals surface area (Å²) in [5.74, 6) is 0. The predicted octanol–water partition coefficient (Wildman–Crippen LogP) is 5.31. The fourth-order valence-corrected chi connectivity index (χ4v) is 9.53. The van der Waals surface area contributed by atoms with Crippen molar-refractivity contribution in [2.24, 2.45) is 0 Å². The third kappa shape index (κ3) is 5.09. The highest BCUT2D eigenvalue weighted by Gasteiger charge is 2.22. The highest BCUT2D eigenvalue weighted by molar-refractivity contribution is 7.80. The Labute approximate surface area is 221 Å². The molecule has 0 fully saturated rings. The maximum Gasteiger partial charge on any atom is 0.0989 e. The van der Waals surface area contributed by atoms with Gasteiger partial charge in [0.2, 0.25) is 0 Å². The van der Waals surface area contributed by atoms with Crippen molar-refractivity contribution in [3.05, 3.63) is 158 Å². The average Bonchev–Trinajstić information content (AvgIpc) is 3.62. The molecule has 0 aliphatic heterocycles. The number of aromatic nitrogens is 2. The maximum absolute atomic E-state index is 2.43. The molecule has 6 aromatic rings. The second kappa shape index (κ2) is 11.1. The molecule has 0 unspecified atom stereocenters. The Kier molecular flexibility index (Phi) is 7.13. The van der Waals surface area contributed by atoms with Gasteiger partial charge in [-0.15, -0.1) is 0 Å². The summed E-state index contributed by atoms with van der Waals surface area (Å²) in [5, 5.41) is 5.47. The van der Waals surface area contributed by atoms with Gasteiger partial charge in [-0.1, -0.05) is 121 Å². The summed E-state index contributed by atoms with van der Waals surface area (Å²) in [6.45, 7) is 0.779. The van der Waals surface area contributed by atoms with Crippen LogP contribution in [-0.4, -0.2) is 9.13 Å². The van der Waals surface area contributed by atoms with Gasteiger partial charge in [0.15, 0.2) is 0 Å². The van der Waals surface area contributed by atoms with Crippen LogP contribution in [0.1, 0.15) is 0 Å². The predicted molar refractivity (Wildman–Crippen MR) is 162 cm³/mol. The normalized spacial score (nSPS) is 11.3. The number of benzene rings is 4. The molecule has 4 aromatic carbocycles. The average molecular weight is 515 g/mol. The molecule has 6 rings (SSSR count). The lowest BCUT2D eigenvalue weighted by atomic mass is 10.4. The Morgan fingerprint density at radius 2 is 0.649 bits per heavy atom. The van der Waals surface area contributed by atoms with E-state index in [1.807, 2.05) is 0 Å². The summed E-state index contributed by atoms with van der Waals surface area (Å²) in [6, 6.07) is 52.7. The van der Waals surface area contributed by atoms with E-state index in [2.05, 4.69) is 167 Å². The zero-order valence-corrected chi connectivity index (χ0v) is 22.3. The van der Waals surface area contributed by atoms with Gasteiger partial charge in [-0.25, -0.2) is 0 Å². The van der Waals surface area contributed by atoms with E-state index >= 15 is 0 Å². The van der Waals surface area contributed by atoms with Crippen LogP contribution in [0.25, 0.3) is 0 Å². The van der Waals surface area contributed by atoms with Crippen molar-refractivity contribution in [3.63, 3.8) is 0 Å². The molecule has 0 aliphatic carbocycles. The highest BCUT2D eigenvalue weighted by Crippen LogP contribution is 2.34. The van der Waals surface area contributed by atoms with Gasteiger partial charge in [0.05, 0.1) is 17.5 Å². The van der Waals surface area contributed by atoms with Crippen LogP contribution in [0.3, 0.4) is 0 Å². The summed E-state index contributed by atoms with van der Waals surface area (Å²) in [4.78, 5) is 0. The summed E-state index contributed by atoms with van der Waals surface area (Å²) >= 11 is 0. The van der Waals surface area contributed by atoms with Gasteiger partial charge in [0.25, 0.3) is 0 Å². The topological polar surface area (TPSA) is 9.86 Å². The van der Waals surface area contributed by atoms with Crippen LogP contribution in [-0.2, 0) is 6.67 Å². The molecular formula is C33H28N2P2. The lowest BCUT2D eigenvalue weighted by Gasteiger charge is -2.24. The van der Waals surface area contributed by atoms with Gasteiger partial charge in [-0.3, -0.25) is 0 Å². The number of hydrogen-bond donors (Lipinski definition) is 0. The molecule has 4 heteroatoms. The van der Waals surface area contributed by atoms with E-state index in [0.29, 0.717) is 0 Å². The smallest absolute Gasteiger partial charge is 0.0989 e. The molecule has 0 N–H and O–H groups in total. The first-order chi connectivity index (χ1) is 18.4. The van der Waals surface area contributed by atoms with Crippen molar-refractivity contribution in [1.82, 2.24) is 9.13 Å². The van der Waals surface area contributed by atoms with Gasteiger partial charge < -0.3 is 9.13 Å². The highest BCUT2D eigenvalue weighted by atomic mass is 31.1. The van der Waals surface area contributed by atoms with Crippen LogP contribution >= 0.6 is 15.8 Å². The van der Waals surface area contributed by atoms with Crippen molar-refractivity contribution < 1.29 is 0 Å². The van der Waals surface area contributed by atoms with E-state index in [9.17, 15) is 0 Å². The lowest BCUT2D eigenvalue weighted by Crippen LogP contribution is -2.31. The first kappa shape index (κ1) is 23.7. The first-order valence-corrected chi connectivity index (χ1v) is 15.2. The van der Waals surface area contributed by atoms with Crippen molar-refractivity contribution in [3.8, 4) is 0 Å². The van der Waals surface area contributed by atoms with Gasteiger partial charge in [-0.05, 0) is 45.5 Å². The van der Waals surface area contributed by atoms with Gasteiger partial charge in [-0.2, -0.15) is 0 Å². The molecule has 0 aliphatic rings. The standard InChI is InChI=1S/C33H28N2P2/c1-5-15-28(16-6-1)36(29-17-7-2-8-18-29)32-23-13-25-34(32)27-35-26-14-24-33(35)37(30-19-9-3-10-20-30)31-21-11-4-12-22-31/h1-26H,27H2. The molecule has 0 spiro atoms. The fourth-order valence-electron chi connectivity index (χ4n) is 4.75. The lowest BCUT2D eigenvalue weighted by molar-refractivity contribution is 0.638. The zero-order valence-electron chi connectivity index (χ0n) is 20.5. The zero-order chi connectivity index (χ0) is 24.9. The van der Waals surface area contributed by atoms with Crippen LogP contribution in [0, 0.1) is 0 Å². The van der Waals surface area contributed by atoms with Gasteiger partial charge in [0.1, 0.15) is 0 Å². The van der Waals surface area contributed by atoms with Crippen molar-refractivity contribution in [2.75, 3.05) is 0 Å². The monoisotopic (exact) mass is 514 g/mol. The summed E-state index contributed by atoms with van der Waals surface area (Å²) in [7, 11) is -1.34. The largest absolute Gasteiger partial charge is 0.329 e. The quantitative estimate of drug-likeness (QED) is 0.244. The van der Waals surface area contributed by atoms with Gasteiger partial charge in [0, 0.05) is 28.2 Å². The summed E-state index contributed by atoms with van der Waals surface area (Å²) in [5.41, 5.74) is 2.71. The molecular weight excluding hydrogens is 486 g/mol. The Bertz CT molecular complexity index is 1340. The van der Waals surface area contributed by atoms with E-state index in [1.54, 1.807) is 0 Å². The van der Waals surface area contributed by atoms with Crippen molar-refractivity contribution in [2.45, 2.75) is 6.67 Å².